The highest BCUT2D eigenvalue weighted by atomic mass is 16.5. The van der Waals surface area contributed by atoms with E-state index in [-0.39, 0.29) is 5.41 Å². The molecule has 38 heavy (non-hydrogen) atoms. The first-order valence-corrected chi connectivity index (χ1v) is 12.3. The summed E-state index contributed by atoms with van der Waals surface area (Å²) < 4.78 is 7.41. The topological polar surface area (TPSA) is 118 Å². The summed E-state index contributed by atoms with van der Waals surface area (Å²) in [5.41, 5.74) is 2.56. The van der Waals surface area contributed by atoms with Gasteiger partial charge in [-0.3, -0.25) is 15.1 Å². The molecule has 4 aromatic rings. The third-order valence-electron chi connectivity index (χ3n) is 5.96. The van der Waals surface area contributed by atoms with E-state index in [2.05, 4.69) is 15.6 Å². The van der Waals surface area contributed by atoms with Crippen molar-refractivity contribution in [2.45, 2.75) is 45.4 Å². The van der Waals surface area contributed by atoms with Gasteiger partial charge in [0.25, 0.3) is 0 Å². The number of hydrogen-bond donors (Lipinski definition) is 3. The Balaban J connectivity index is 1.51. The number of aliphatic carboxylic acids is 1. The average Bonchev–Trinajstić information content (AvgIpc) is 3.31. The number of carboxylic acid groups (broad SMARTS) is 1. The summed E-state index contributed by atoms with van der Waals surface area (Å²) in [6.07, 6.45) is 3.80. The Labute approximate surface area is 221 Å². The molecular weight excluding hydrogens is 482 g/mol. The number of rotatable bonds is 8. The number of pyridine rings is 1. The number of carbonyl (C=O) groups excluding carboxylic acids is 1. The molecule has 0 spiro atoms. The molecule has 2 aromatic heterocycles. The predicted octanol–water partition coefficient (Wildman–Crippen LogP) is 6.58. The zero-order valence-electron chi connectivity index (χ0n) is 21.8. The molecule has 1 unspecified atom stereocenters. The molecule has 0 radical (unpaired) electrons. The predicted molar refractivity (Wildman–Crippen MR) is 146 cm³/mol. The van der Waals surface area contributed by atoms with E-state index < -0.39 is 17.9 Å². The van der Waals surface area contributed by atoms with Crippen molar-refractivity contribution in [2.75, 3.05) is 10.6 Å². The van der Waals surface area contributed by atoms with E-state index in [1.54, 1.807) is 65.6 Å². The average molecular weight is 514 g/mol. The van der Waals surface area contributed by atoms with Gasteiger partial charge in [0.15, 0.2) is 0 Å². The number of benzene rings is 2. The standard InChI is InChI=1S/C29H31N5O4/c1-5-24(27(35)36)19-6-10-21(11-7-19)34-26(18-25(33-34)29(2,3)4)32-28(37)31-20-8-12-22(13-9-20)38-23-14-16-30-17-15-23/h6-18,24H,5H2,1-4H3,(H,35,36)(H2,31,32,37). The normalized spacial score (nSPS) is 12.0. The number of anilines is 2. The fourth-order valence-electron chi connectivity index (χ4n) is 3.86. The molecule has 0 saturated heterocycles. The molecule has 0 aliphatic rings. The highest BCUT2D eigenvalue weighted by Crippen LogP contribution is 2.28. The fraction of sp³-hybridized carbons (Fsp3) is 0.241. The molecule has 0 aliphatic carbocycles. The van der Waals surface area contributed by atoms with Gasteiger partial charge in [0.2, 0.25) is 0 Å². The molecule has 2 amide bonds. The highest BCUT2D eigenvalue weighted by Gasteiger charge is 2.22. The largest absolute Gasteiger partial charge is 0.481 e. The van der Waals surface area contributed by atoms with Crippen LogP contribution in [0.1, 0.15) is 51.3 Å². The van der Waals surface area contributed by atoms with E-state index in [4.69, 9.17) is 9.84 Å². The summed E-state index contributed by atoms with van der Waals surface area (Å²) in [6.45, 7) is 7.97. The zero-order valence-corrected chi connectivity index (χ0v) is 21.8. The second-order valence-electron chi connectivity index (χ2n) is 9.86. The summed E-state index contributed by atoms with van der Waals surface area (Å²) in [4.78, 5) is 28.4. The zero-order chi connectivity index (χ0) is 27.3. The van der Waals surface area contributed by atoms with Gasteiger partial charge in [0.1, 0.15) is 17.3 Å². The van der Waals surface area contributed by atoms with Gasteiger partial charge in [-0.25, -0.2) is 9.48 Å². The van der Waals surface area contributed by atoms with Crippen LogP contribution in [0.15, 0.2) is 79.1 Å². The van der Waals surface area contributed by atoms with Crippen LogP contribution in [-0.4, -0.2) is 31.9 Å². The van der Waals surface area contributed by atoms with Gasteiger partial charge in [0.05, 0.1) is 17.3 Å². The monoisotopic (exact) mass is 513 g/mol. The first-order valence-electron chi connectivity index (χ1n) is 12.3. The Morgan fingerprint density at radius 2 is 1.58 bits per heavy atom. The van der Waals surface area contributed by atoms with Crippen molar-refractivity contribution < 1.29 is 19.4 Å². The van der Waals surface area contributed by atoms with E-state index in [0.717, 1.165) is 11.3 Å². The minimum Gasteiger partial charge on any atom is -0.481 e. The van der Waals surface area contributed by atoms with Crippen molar-refractivity contribution in [2.24, 2.45) is 0 Å². The van der Waals surface area contributed by atoms with E-state index in [9.17, 15) is 14.7 Å². The lowest BCUT2D eigenvalue weighted by atomic mass is 9.92. The number of nitrogens with one attached hydrogen (secondary N) is 2. The summed E-state index contributed by atoms with van der Waals surface area (Å²) in [6, 6.07) is 19.2. The Hall–Kier alpha value is -4.66. The van der Waals surface area contributed by atoms with Crippen molar-refractivity contribution in [3.8, 4) is 17.2 Å². The number of carboxylic acids is 1. The van der Waals surface area contributed by atoms with E-state index in [1.807, 2.05) is 45.9 Å². The van der Waals surface area contributed by atoms with Crippen LogP contribution in [0.2, 0.25) is 0 Å². The lowest BCUT2D eigenvalue weighted by Gasteiger charge is -2.14. The van der Waals surface area contributed by atoms with Gasteiger partial charge in [-0.2, -0.15) is 5.10 Å². The van der Waals surface area contributed by atoms with Crippen LogP contribution < -0.4 is 15.4 Å². The van der Waals surface area contributed by atoms with Gasteiger partial charge in [-0.05, 0) is 60.5 Å². The van der Waals surface area contributed by atoms with Crippen molar-refractivity contribution >= 4 is 23.5 Å². The van der Waals surface area contributed by atoms with Gasteiger partial charge in [-0.1, -0.05) is 39.8 Å². The molecule has 3 N–H and O–H groups in total. The fourth-order valence-corrected chi connectivity index (χ4v) is 3.86. The maximum atomic E-state index is 12.9. The van der Waals surface area contributed by atoms with Crippen LogP contribution in [0.25, 0.3) is 5.69 Å². The summed E-state index contributed by atoms with van der Waals surface area (Å²) in [7, 11) is 0. The number of ether oxygens (including phenoxy) is 1. The first-order chi connectivity index (χ1) is 18.1. The van der Waals surface area contributed by atoms with Crippen molar-refractivity contribution in [3.05, 3.63) is 90.4 Å². The van der Waals surface area contributed by atoms with Crippen molar-refractivity contribution in [1.29, 1.82) is 0 Å². The minimum atomic E-state index is -0.856. The number of urea groups is 1. The Morgan fingerprint density at radius 1 is 0.947 bits per heavy atom. The molecule has 196 valence electrons. The lowest BCUT2D eigenvalue weighted by molar-refractivity contribution is -0.138. The molecule has 9 heteroatoms. The first kappa shape index (κ1) is 26.4. The second-order valence-corrected chi connectivity index (χ2v) is 9.86. The van der Waals surface area contributed by atoms with Gasteiger partial charge >= 0.3 is 12.0 Å². The Bertz CT molecular complexity index is 1390. The number of nitrogens with zero attached hydrogens (tertiary/aromatic N) is 3. The molecule has 0 aliphatic heterocycles. The quantitative estimate of drug-likeness (QED) is 0.245. The second kappa shape index (κ2) is 11.2. The molecule has 0 fully saturated rings. The highest BCUT2D eigenvalue weighted by molar-refractivity contribution is 5.99. The van der Waals surface area contributed by atoms with Crippen LogP contribution in [-0.2, 0) is 10.2 Å². The maximum Gasteiger partial charge on any atom is 0.324 e. The van der Waals surface area contributed by atoms with Crippen LogP contribution in [0, 0.1) is 0 Å². The molecule has 4 rings (SSSR count). The number of aromatic nitrogens is 3. The molecule has 2 heterocycles. The van der Waals surface area contributed by atoms with Crippen molar-refractivity contribution in [3.63, 3.8) is 0 Å². The molecule has 1 atom stereocenters. The van der Waals surface area contributed by atoms with Gasteiger partial charge in [-0.15, -0.1) is 0 Å². The number of amides is 2. The van der Waals surface area contributed by atoms with Crippen LogP contribution in [0.5, 0.6) is 11.5 Å². The maximum absolute atomic E-state index is 12.9. The SMILES string of the molecule is CCC(C(=O)O)c1ccc(-n2nc(C(C)(C)C)cc2NC(=O)Nc2ccc(Oc3ccncc3)cc2)cc1. The van der Waals surface area contributed by atoms with Crippen LogP contribution >= 0.6 is 0 Å². The molecular formula is C29H31N5O4. The van der Waals surface area contributed by atoms with Crippen LogP contribution in [0.3, 0.4) is 0 Å². The molecule has 9 nitrogen and oxygen atoms in total. The van der Waals surface area contributed by atoms with E-state index in [1.165, 1.54) is 0 Å². The van der Waals surface area contributed by atoms with Gasteiger partial charge in [0, 0.05) is 29.6 Å². The summed E-state index contributed by atoms with van der Waals surface area (Å²) in [5.74, 6) is 0.361. The number of hydrogen-bond acceptors (Lipinski definition) is 5. The van der Waals surface area contributed by atoms with E-state index >= 15 is 0 Å². The minimum absolute atomic E-state index is 0.251. The van der Waals surface area contributed by atoms with E-state index in [0.29, 0.717) is 35.1 Å². The van der Waals surface area contributed by atoms with Crippen LogP contribution in [0.4, 0.5) is 16.3 Å². The molecule has 2 aromatic carbocycles. The van der Waals surface area contributed by atoms with Gasteiger partial charge < -0.3 is 15.2 Å². The Morgan fingerprint density at radius 3 is 2.16 bits per heavy atom. The summed E-state index contributed by atoms with van der Waals surface area (Å²) >= 11 is 0. The third kappa shape index (κ3) is 6.36. The summed E-state index contributed by atoms with van der Waals surface area (Å²) in [5, 5.41) is 19.9. The van der Waals surface area contributed by atoms with Crippen molar-refractivity contribution in [1.82, 2.24) is 14.8 Å². The molecule has 0 saturated carbocycles. The Kier molecular flexibility index (Phi) is 7.76. The lowest BCUT2D eigenvalue weighted by Crippen LogP contribution is -2.21. The smallest absolute Gasteiger partial charge is 0.324 e. The third-order valence-corrected chi connectivity index (χ3v) is 5.96. The number of carbonyl (C=O) groups is 2. The molecule has 0 bridgehead atoms.